The number of carbonyl (C=O) groups is 2. The van der Waals surface area contributed by atoms with E-state index >= 15 is 0 Å². The Hall–Kier alpha value is -1.76. The van der Waals surface area contributed by atoms with Crippen molar-refractivity contribution in [3.63, 3.8) is 0 Å². The van der Waals surface area contributed by atoms with Crippen molar-refractivity contribution in [2.24, 2.45) is 4.99 Å². The molecule has 170 valence electrons. The van der Waals surface area contributed by atoms with Crippen molar-refractivity contribution in [3.8, 4) is 0 Å². The normalized spacial score (nSPS) is 17.8. The number of thiazole rings is 1. The highest BCUT2D eigenvalue weighted by Crippen LogP contribution is 2.32. The lowest BCUT2D eigenvalue weighted by molar-refractivity contribution is -0.141. The second-order valence-corrected chi connectivity index (χ2v) is 12.2. The van der Waals surface area contributed by atoms with E-state index in [0.29, 0.717) is 27.7 Å². The molecule has 0 bridgehead atoms. The average Bonchev–Trinajstić information content (AvgIpc) is 3.47. The van der Waals surface area contributed by atoms with Gasteiger partial charge in [-0.15, -0.1) is 11.3 Å². The fourth-order valence-corrected chi connectivity index (χ4v) is 8.05. The summed E-state index contributed by atoms with van der Waals surface area (Å²) in [6.45, 7) is 0.0680. The van der Waals surface area contributed by atoms with Gasteiger partial charge in [-0.1, -0.05) is 34.5 Å². The molecule has 0 aliphatic carbocycles. The van der Waals surface area contributed by atoms with Gasteiger partial charge in [-0.2, -0.15) is 9.30 Å². The minimum atomic E-state index is -3.88. The Morgan fingerprint density at radius 3 is 2.69 bits per heavy atom. The molecule has 1 saturated heterocycles. The summed E-state index contributed by atoms with van der Waals surface area (Å²) in [5.74, 6) is -1.10. The first-order valence-electron chi connectivity index (χ1n) is 9.42. The molecule has 1 aromatic carbocycles. The van der Waals surface area contributed by atoms with Gasteiger partial charge in [0.1, 0.15) is 16.8 Å². The van der Waals surface area contributed by atoms with Crippen LogP contribution in [-0.2, 0) is 30.9 Å². The first-order chi connectivity index (χ1) is 15.2. The second kappa shape index (κ2) is 9.24. The van der Waals surface area contributed by atoms with Gasteiger partial charge in [0, 0.05) is 11.6 Å². The summed E-state index contributed by atoms with van der Waals surface area (Å²) in [7, 11) is -2.60. The van der Waals surface area contributed by atoms with Gasteiger partial charge in [0.2, 0.25) is 0 Å². The molecule has 8 nitrogen and oxygen atoms in total. The van der Waals surface area contributed by atoms with E-state index in [9.17, 15) is 18.0 Å². The lowest BCUT2D eigenvalue weighted by Gasteiger charge is -2.20. The van der Waals surface area contributed by atoms with Crippen LogP contribution < -0.4 is 4.80 Å². The maximum atomic E-state index is 13.1. The molecular weight excluding hydrogens is 517 g/mol. The number of halogens is 2. The largest absolute Gasteiger partial charge is 0.468 e. The molecule has 0 N–H and O–H groups in total. The summed E-state index contributed by atoms with van der Waals surface area (Å²) >= 11 is 14.1. The quantitative estimate of drug-likeness (QED) is 0.467. The van der Waals surface area contributed by atoms with E-state index in [1.165, 1.54) is 34.9 Å². The van der Waals surface area contributed by atoms with Gasteiger partial charge in [-0.3, -0.25) is 9.59 Å². The minimum absolute atomic E-state index is 0.0828. The molecule has 13 heteroatoms. The van der Waals surface area contributed by atoms with Crippen molar-refractivity contribution in [1.82, 2.24) is 8.87 Å². The van der Waals surface area contributed by atoms with Crippen LogP contribution in [0.25, 0.3) is 10.2 Å². The molecule has 3 heterocycles. The molecule has 1 aliphatic heterocycles. The third-order valence-corrected chi connectivity index (χ3v) is 9.85. The van der Waals surface area contributed by atoms with E-state index in [0.717, 1.165) is 16.0 Å². The van der Waals surface area contributed by atoms with Gasteiger partial charge < -0.3 is 9.30 Å². The van der Waals surface area contributed by atoms with Crippen LogP contribution >= 0.6 is 45.9 Å². The zero-order chi connectivity index (χ0) is 23.0. The molecule has 0 saturated carbocycles. The summed E-state index contributed by atoms with van der Waals surface area (Å²) < 4.78 is 34.8. The average molecular weight is 534 g/mol. The van der Waals surface area contributed by atoms with Crippen LogP contribution in [0.2, 0.25) is 9.36 Å². The number of benzene rings is 1. The number of esters is 1. The van der Waals surface area contributed by atoms with Crippen LogP contribution in [-0.4, -0.2) is 48.9 Å². The van der Waals surface area contributed by atoms with E-state index in [-0.39, 0.29) is 22.1 Å². The van der Waals surface area contributed by atoms with E-state index in [1.54, 1.807) is 22.8 Å². The molecular formula is C19H17Cl2N3O5S3. The fraction of sp³-hybridized carbons (Fsp3) is 0.316. The number of amides is 1. The second-order valence-electron chi connectivity index (χ2n) is 6.94. The Morgan fingerprint density at radius 2 is 2.00 bits per heavy atom. The smallest absolute Gasteiger partial charge is 0.325 e. The summed E-state index contributed by atoms with van der Waals surface area (Å²) in [5.41, 5.74) is 0.667. The number of fused-ring (bicyclic) bond motifs is 1. The Kier molecular flexibility index (Phi) is 6.76. The first-order valence-corrected chi connectivity index (χ1v) is 13.2. The number of rotatable bonds is 5. The fourth-order valence-electron chi connectivity index (χ4n) is 3.47. The summed E-state index contributed by atoms with van der Waals surface area (Å²) in [4.78, 5) is 29.5. The van der Waals surface area contributed by atoms with E-state index < -0.39 is 27.9 Å². The molecule has 32 heavy (non-hydrogen) atoms. The lowest BCUT2D eigenvalue weighted by Crippen LogP contribution is -2.40. The third kappa shape index (κ3) is 4.50. The number of methoxy groups -OCH3 is 1. The minimum Gasteiger partial charge on any atom is -0.468 e. The highest BCUT2D eigenvalue weighted by Gasteiger charge is 2.40. The zero-order valence-corrected chi connectivity index (χ0v) is 20.6. The maximum Gasteiger partial charge on any atom is 0.325 e. The van der Waals surface area contributed by atoms with Gasteiger partial charge >= 0.3 is 5.97 Å². The number of hydrogen-bond donors (Lipinski definition) is 0. The SMILES string of the molecule is COC(=O)Cn1c(=NC(=O)C2CCCN2S(=O)(=O)c2ccc(Cl)s2)sc2cc(Cl)ccc21. The molecule has 0 radical (unpaired) electrons. The van der Waals surface area contributed by atoms with Crippen LogP contribution in [0, 0.1) is 0 Å². The molecule has 0 spiro atoms. The standard InChI is InChI=1S/C19H17Cl2N3O5S3/c1-29-16(25)10-23-12-5-4-11(20)9-14(12)30-19(23)22-18(26)13-3-2-8-24(13)32(27,28)17-7-6-15(21)31-17/h4-7,9,13H,2-3,8,10H2,1H3. The zero-order valence-electron chi connectivity index (χ0n) is 16.7. The van der Waals surface area contributed by atoms with Gasteiger partial charge in [0.25, 0.3) is 15.9 Å². The molecule has 1 atom stereocenters. The number of nitrogens with zero attached hydrogens (tertiary/aromatic N) is 3. The highest BCUT2D eigenvalue weighted by atomic mass is 35.5. The molecule has 1 aliphatic rings. The topological polar surface area (TPSA) is 98.0 Å². The molecule has 1 amide bonds. The van der Waals surface area contributed by atoms with Crippen LogP contribution in [0.15, 0.2) is 39.5 Å². The van der Waals surface area contributed by atoms with E-state index in [4.69, 9.17) is 27.9 Å². The summed E-state index contributed by atoms with van der Waals surface area (Å²) in [5, 5.41) is 0.504. The lowest BCUT2D eigenvalue weighted by atomic mass is 10.2. The van der Waals surface area contributed by atoms with Crippen molar-refractivity contribution in [1.29, 1.82) is 0 Å². The van der Waals surface area contributed by atoms with Crippen molar-refractivity contribution < 1.29 is 22.7 Å². The summed E-state index contributed by atoms with van der Waals surface area (Å²) in [6.07, 6.45) is 0.892. The molecule has 2 aromatic heterocycles. The van der Waals surface area contributed by atoms with Crippen LogP contribution in [0.3, 0.4) is 0 Å². The number of aromatic nitrogens is 1. The Labute approximate surface area is 201 Å². The Bertz CT molecular complexity index is 1380. The number of hydrogen-bond acceptors (Lipinski definition) is 7. The number of thiophene rings is 1. The predicted molar refractivity (Wildman–Crippen MR) is 124 cm³/mol. The third-order valence-electron chi connectivity index (χ3n) is 4.97. The number of ether oxygens (including phenoxy) is 1. The molecule has 1 unspecified atom stereocenters. The molecule has 3 aromatic rings. The van der Waals surface area contributed by atoms with Crippen molar-refractivity contribution in [2.45, 2.75) is 29.6 Å². The van der Waals surface area contributed by atoms with E-state index in [2.05, 4.69) is 4.99 Å². The highest BCUT2D eigenvalue weighted by molar-refractivity contribution is 7.91. The monoisotopic (exact) mass is 533 g/mol. The molecule has 1 fully saturated rings. The number of sulfonamides is 1. The number of carbonyl (C=O) groups excluding carboxylic acids is 2. The molecule has 4 rings (SSSR count). The van der Waals surface area contributed by atoms with Crippen LogP contribution in [0.4, 0.5) is 0 Å². The van der Waals surface area contributed by atoms with Gasteiger partial charge in [0.05, 0.1) is 21.7 Å². The van der Waals surface area contributed by atoms with Crippen molar-refractivity contribution in [2.75, 3.05) is 13.7 Å². The van der Waals surface area contributed by atoms with E-state index in [1.807, 2.05) is 0 Å². The van der Waals surface area contributed by atoms with Crippen molar-refractivity contribution in [3.05, 3.63) is 44.5 Å². The Balaban J connectivity index is 1.74. The van der Waals surface area contributed by atoms with Gasteiger partial charge in [-0.25, -0.2) is 8.42 Å². The van der Waals surface area contributed by atoms with Gasteiger partial charge in [-0.05, 0) is 43.2 Å². The maximum absolute atomic E-state index is 13.1. The Morgan fingerprint density at radius 1 is 1.22 bits per heavy atom. The first kappa shape index (κ1) is 23.4. The van der Waals surface area contributed by atoms with Crippen molar-refractivity contribution >= 4 is 78.0 Å². The predicted octanol–water partition coefficient (Wildman–Crippen LogP) is 3.52. The van der Waals surface area contributed by atoms with Crippen LogP contribution in [0.1, 0.15) is 12.8 Å². The van der Waals surface area contributed by atoms with Crippen LogP contribution in [0.5, 0.6) is 0 Å². The van der Waals surface area contributed by atoms with Gasteiger partial charge in [0.15, 0.2) is 4.80 Å². The summed E-state index contributed by atoms with van der Waals surface area (Å²) in [6, 6.07) is 7.13.